The fourth-order valence-corrected chi connectivity index (χ4v) is 5.89. The summed E-state index contributed by atoms with van der Waals surface area (Å²) in [6.07, 6.45) is 14.0. The molecule has 0 aliphatic heterocycles. The summed E-state index contributed by atoms with van der Waals surface area (Å²) in [6.45, 7) is 8.97. The molecule has 1 aromatic rings. The topological polar surface area (TPSA) is 34.1 Å². The molecule has 0 amide bonds. The molecule has 0 saturated carbocycles. The van der Waals surface area contributed by atoms with Gasteiger partial charge in [0, 0.05) is 0 Å². The van der Waals surface area contributed by atoms with Crippen molar-refractivity contribution >= 4 is 9.84 Å². The predicted molar refractivity (Wildman–Crippen MR) is 122 cm³/mol. The van der Waals surface area contributed by atoms with Crippen molar-refractivity contribution in [2.75, 3.05) is 0 Å². The van der Waals surface area contributed by atoms with E-state index in [4.69, 9.17) is 0 Å². The molecule has 1 aromatic carbocycles. The number of sulfone groups is 1. The molecule has 0 aliphatic carbocycles. The molecule has 0 aliphatic rings. The normalized spacial score (nSPS) is 15.3. The molecule has 3 heteroatoms. The molecule has 0 bridgehead atoms. The van der Waals surface area contributed by atoms with Gasteiger partial charge in [0.1, 0.15) is 0 Å². The molecule has 0 spiro atoms. The Labute approximate surface area is 175 Å². The highest BCUT2D eigenvalue weighted by Gasteiger charge is 2.28. The van der Waals surface area contributed by atoms with Crippen molar-refractivity contribution in [1.29, 1.82) is 0 Å². The summed E-state index contributed by atoms with van der Waals surface area (Å²) in [7, 11) is -3.22. The first-order chi connectivity index (χ1) is 13.4. The van der Waals surface area contributed by atoms with E-state index < -0.39 is 9.84 Å². The van der Waals surface area contributed by atoms with Crippen LogP contribution in [-0.2, 0) is 9.84 Å². The van der Waals surface area contributed by atoms with Gasteiger partial charge >= 0.3 is 0 Å². The summed E-state index contributed by atoms with van der Waals surface area (Å²) in [4.78, 5) is 0.490. The Bertz CT molecular complexity index is 594. The van der Waals surface area contributed by atoms with Gasteiger partial charge < -0.3 is 0 Å². The largest absolute Gasteiger partial charge is 0.223 e. The Hall–Kier alpha value is -0.830. The standard InChI is InChI=1S/C25H44O2S/c1-5-7-16-23(4)17-12-9-8-10-13-20-25(21-22(3)6-2)28(26,27)24-18-14-11-15-19-24/h11,14-15,18-19,22-23,25H,5-10,12-13,16-17,20-21H2,1-4H3/t22-,23+,25+/m1/s1. The zero-order valence-electron chi connectivity index (χ0n) is 18.8. The van der Waals surface area contributed by atoms with E-state index in [9.17, 15) is 8.42 Å². The van der Waals surface area contributed by atoms with E-state index in [0.29, 0.717) is 10.8 Å². The Morgan fingerprint density at radius 2 is 1.32 bits per heavy atom. The van der Waals surface area contributed by atoms with Gasteiger partial charge in [0.05, 0.1) is 10.1 Å². The molecule has 1 rings (SSSR count). The predicted octanol–water partition coefficient (Wildman–Crippen LogP) is 7.82. The summed E-state index contributed by atoms with van der Waals surface area (Å²) in [5.74, 6) is 1.31. The van der Waals surface area contributed by atoms with Crippen LogP contribution in [-0.4, -0.2) is 13.7 Å². The Morgan fingerprint density at radius 3 is 1.93 bits per heavy atom. The van der Waals surface area contributed by atoms with Crippen molar-refractivity contribution in [3.63, 3.8) is 0 Å². The first-order valence-corrected chi connectivity index (χ1v) is 13.2. The van der Waals surface area contributed by atoms with Gasteiger partial charge in [-0.1, -0.05) is 110 Å². The molecule has 0 saturated heterocycles. The van der Waals surface area contributed by atoms with Crippen LogP contribution in [0.4, 0.5) is 0 Å². The highest BCUT2D eigenvalue weighted by atomic mass is 32.2. The van der Waals surface area contributed by atoms with Crippen molar-refractivity contribution in [3.05, 3.63) is 30.3 Å². The van der Waals surface area contributed by atoms with Crippen LogP contribution in [0.25, 0.3) is 0 Å². The van der Waals surface area contributed by atoms with Crippen LogP contribution >= 0.6 is 0 Å². The van der Waals surface area contributed by atoms with Crippen molar-refractivity contribution in [2.24, 2.45) is 11.8 Å². The molecular formula is C25H44O2S. The second-order valence-corrected chi connectivity index (χ2v) is 11.0. The Morgan fingerprint density at radius 1 is 0.750 bits per heavy atom. The van der Waals surface area contributed by atoms with E-state index in [1.165, 1.54) is 44.9 Å². The summed E-state index contributed by atoms with van der Waals surface area (Å²) < 4.78 is 26.2. The van der Waals surface area contributed by atoms with Crippen LogP contribution in [0.3, 0.4) is 0 Å². The van der Waals surface area contributed by atoms with E-state index in [0.717, 1.165) is 38.0 Å². The lowest BCUT2D eigenvalue weighted by Gasteiger charge is -2.21. The van der Waals surface area contributed by atoms with Gasteiger partial charge in [0.2, 0.25) is 0 Å². The molecule has 162 valence electrons. The molecule has 0 heterocycles. The minimum absolute atomic E-state index is 0.237. The average molecular weight is 409 g/mol. The van der Waals surface area contributed by atoms with Gasteiger partial charge in [-0.15, -0.1) is 0 Å². The Kier molecular flexibility index (Phi) is 12.8. The number of hydrogen-bond donors (Lipinski definition) is 0. The van der Waals surface area contributed by atoms with Gasteiger partial charge in [-0.3, -0.25) is 0 Å². The highest BCUT2D eigenvalue weighted by molar-refractivity contribution is 7.92. The van der Waals surface area contributed by atoms with Crippen molar-refractivity contribution in [3.8, 4) is 0 Å². The maximum absolute atomic E-state index is 13.1. The van der Waals surface area contributed by atoms with Crippen LogP contribution in [0, 0.1) is 11.8 Å². The minimum Gasteiger partial charge on any atom is -0.223 e. The highest BCUT2D eigenvalue weighted by Crippen LogP contribution is 2.27. The molecule has 2 nitrogen and oxygen atoms in total. The maximum Gasteiger partial charge on any atom is 0.181 e. The van der Waals surface area contributed by atoms with Gasteiger partial charge in [-0.05, 0) is 36.8 Å². The van der Waals surface area contributed by atoms with Crippen LogP contribution < -0.4 is 0 Å². The molecule has 0 unspecified atom stereocenters. The minimum atomic E-state index is -3.22. The summed E-state index contributed by atoms with van der Waals surface area (Å²) in [5.41, 5.74) is 0. The molecule has 0 radical (unpaired) electrons. The lowest BCUT2D eigenvalue weighted by atomic mass is 9.96. The third-order valence-corrected chi connectivity index (χ3v) is 8.38. The number of rotatable bonds is 16. The fourth-order valence-electron chi connectivity index (χ4n) is 3.91. The number of hydrogen-bond acceptors (Lipinski definition) is 2. The number of benzene rings is 1. The van der Waals surface area contributed by atoms with Gasteiger partial charge in [-0.25, -0.2) is 8.42 Å². The Balaban J connectivity index is 2.43. The van der Waals surface area contributed by atoms with Gasteiger partial charge in [0.25, 0.3) is 0 Å². The van der Waals surface area contributed by atoms with Crippen LogP contribution in [0.1, 0.15) is 105 Å². The molecule has 0 aromatic heterocycles. The maximum atomic E-state index is 13.1. The monoisotopic (exact) mass is 408 g/mol. The van der Waals surface area contributed by atoms with Crippen molar-refractivity contribution in [1.82, 2.24) is 0 Å². The van der Waals surface area contributed by atoms with E-state index in [-0.39, 0.29) is 5.25 Å². The SMILES string of the molecule is CCCC[C@H](C)CCCCCCC[C@@H](C[C@H](C)CC)S(=O)(=O)c1ccccc1. The lowest BCUT2D eigenvalue weighted by molar-refractivity contribution is 0.435. The summed E-state index contributed by atoms with van der Waals surface area (Å²) in [6, 6.07) is 9.03. The molecule has 3 atom stereocenters. The van der Waals surface area contributed by atoms with E-state index in [1.54, 1.807) is 12.1 Å². The van der Waals surface area contributed by atoms with Gasteiger partial charge in [0.15, 0.2) is 9.84 Å². The van der Waals surface area contributed by atoms with E-state index in [1.807, 2.05) is 18.2 Å². The first-order valence-electron chi connectivity index (χ1n) is 11.7. The summed E-state index contributed by atoms with van der Waals surface area (Å²) >= 11 is 0. The zero-order chi connectivity index (χ0) is 20.8. The molecule has 0 N–H and O–H groups in total. The van der Waals surface area contributed by atoms with Crippen LogP contribution in [0.2, 0.25) is 0 Å². The number of unbranched alkanes of at least 4 members (excludes halogenated alkanes) is 5. The second-order valence-electron chi connectivity index (χ2n) is 8.82. The van der Waals surface area contributed by atoms with Crippen LogP contribution in [0.15, 0.2) is 35.2 Å². The third-order valence-electron chi connectivity index (χ3n) is 6.15. The molecule has 28 heavy (non-hydrogen) atoms. The second kappa shape index (κ2) is 14.2. The zero-order valence-corrected chi connectivity index (χ0v) is 19.6. The van der Waals surface area contributed by atoms with Crippen molar-refractivity contribution in [2.45, 2.75) is 115 Å². The van der Waals surface area contributed by atoms with Gasteiger partial charge in [-0.2, -0.15) is 0 Å². The quantitative estimate of drug-likeness (QED) is 0.261. The third kappa shape index (κ3) is 9.58. The van der Waals surface area contributed by atoms with Crippen LogP contribution in [0.5, 0.6) is 0 Å². The van der Waals surface area contributed by atoms with E-state index in [2.05, 4.69) is 27.7 Å². The van der Waals surface area contributed by atoms with E-state index >= 15 is 0 Å². The lowest BCUT2D eigenvalue weighted by Crippen LogP contribution is -2.24. The molecular weight excluding hydrogens is 364 g/mol. The smallest absolute Gasteiger partial charge is 0.181 e. The van der Waals surface area contributed by atoms with Crippen molar-refractivity contribution < 1.29 is 8.42 Å². The molecule has 0 fully saturated rings. The average Bonchev–Trinajstić information content (AvgIpc) is 2.70. The fraction of sp³-hybridized carbons (Fsp3) is 0.760. The summed E-state index contributed by atoms with van der Waals surface area (Å²) in [5, 5.41) is -0.237. The first kappa shape index (κ1) is 25.2.